The second kappa shape index (κ2) is 8.12. The van der Waals surface area contributed by atoms with E-state index < -0.39 is 0 Å². The fourth-order valence-corrected chi connectivity index (χ4v) is 3.30. The van der Waals surface area contributed by atoms with Gasteiger partial charge >= 0.3 is 0 Å². The third-order valence-corrected chi connectivity index (χ3v) is 4.87. The molecule has 24 heavy (non-hydrogen) atoms. The van der Waals surface area contributed by atoms with Crippen LogP contribution < -0.4 is 5.32 Å². The molecule has 0 atom stereocenters. The van der Waals surface area contributed by atoms with Crippen molar-refractivity contribution in [1.29, 1.82) is 0 Å². The molecule has 1 aliphatic rings. The van der Waals surface area contributed by atoms with Crippen molar-refractivity contribution in [3.05, 3.63) is 51.8 Å². The molecule has 1 aromatic carbocycles. The van der Waals surface area contributed by atoms with E-state index in [4.69, 9.17) is 16.3 Å². The highest BCUT2D eigenvalue weighted by Crippen LogP contribution is 2.18. The predicted octanol–water partition coefficient (Wildman–Crippen LogP) is 2.50. The molecule has 2 heterocycles. The smallest absolute Gasteiger partial charge is 0.131 e. The van der Waals surface area contributed by atoms with E-state index in [-0.39, 0.29) is 0 Å². The van der Waals surface area contributed by atoms with Crippen LogP contribution in [0.15, 0.2) is 24.3 Å². The summed E-state index contributed by atoms with van der Waals surface area (Å²) in [7, 11) is 1.87. The number of hydrogen-bond acceptors (Lipinski definition) is 4. The van der Waals surface area contributed by atoms with Gasteiger partial charge in [0.1, 0.15) is 5.15 Å². The maximum absolute atomic E-state index is 6.27. The van der Waals surface area contributed by atoms with Crippen molar-refractivity contribution in [1.82, 2.24) is 20.0 Å². The molecule has 0 bridgehead atoms. The summed E-state index contributed by atoms with van der Waals surface area (Å²) in [5.41, 5.74) is 4.70. The minimum Gasteiger partial charge on any atom is -0.379 e. The van der Waals surface area contributed by atoms with Gasteiger partial charge in [0.2, 0.25) is 0 Å². The zero-order valence-electron chi connectivity index (χ0n) is 14.4. The standard InChI is InChI=1S/C18H25ClN4O/c1-14-17(18(19)22(2)21-14)12-20-11-15-4-3-5-16(10-15)13-23-6-8-24-9-7-23/h3-5,10,20H,6-9,11-13H2,1-2H3. The molecule has 3 rings (SSSR count). The van der Waals surface area contributed by atoms with Gasteiger partial charge in [-0.05, 0) is 18.1 Å². The number of nitrogens with zero attached hydrogens (tertiary/aromatic N) is 3. The maximum atomic E-state index is 6.27. The molecule has 1 aliphatic heterocycles. The lowest BCUT2D eigenvalue weighted by Gasteiger charge is -2.26. The molecular formula is C18H25ClN4O. The number of morpholine rings is 1. The Balaban J connectivity index is 1.54. The lowest BCUT2D eigenvalue weighted by atomic mass is 10.1. The SMILES string of the molecule is Cc1nn(C)c(Cl)c1CNCc1cccc(CN2CCOCC2)c1. The van der Waals surface area contributed by atoms with Crippen LogP contribution >= 0.6 is 11.6 Å². The minimum absolute atomic E-state index is 0.709. The van der Waals surface area contributed by atoms with Crippen LogP contribution in [-0.2, 0) is 31.4 Å². The van der Waals surface area contributed by atoms with Gasteiger partial charge in [-0.1, -0.05) is 35.9 Å². The van der Waals surface area contributed by atoms with Crippen molar-refractivity contribution in [3.63, 3.8) is 0 Å². The quantitative estimate of drug-likeness (QED) is 0.871. The molecule has 5 nitrogen and oxygen atoms in total. The molecule has 0 aliphatic carbocycles. The first-order valence-corrected chi connectivity index (χ1v) is 8.78. The molecule has 1 saturated heterocycles. The van der Waals surface area contributed by atoms with Crippen LogP contribution in [0.5, 0.6) is 0 Å². The highest BCUT2D eigenvalue weighted by atomic mass is 35.5. The Labute approximate surface area is 148 Å². The predicted molar refractivity (Wildman–Crippen MR) is 96.0 cm³/mol. The van der Waals surface area contributed by atoms with Gasteiger partial charge in [-0.2, -0.15) is 5.10 Å². The summed E-state index contributed by atoms with van der Waals surface area (Å²) < 4.78 is 7.13. The summed E-state index contributed by atoms with van der Waals surface area (Å²) in [4.78, 5) is 2.44. The molecule has 2 aromatic rings. The average molecular weight is 349 g/mol. The van der Waals surface area contributed by atoms with Crippen LogP contribution in [0.4, 0.5) is 0 Å². The van der Waals surface area contributed by atoms with Crippen molar-refractivity contribution in [2.45, 2.75) is 26.6 Å². The van der Waals surface area contributed by atoms with Crippen LogP contribution in [0, 0.1) is 6.92 Å². The van der Waals surface area contributed by atoms with Gasteiger partial charge in [0, 0.05) is 45.3 Å². The summed E-state index contributed by atoms with van der Waals surface area (Å²) in [6.07, 6.45) is 0. The Kier molecular flexibility index (Phi) is 5.89. The van der Waals surface area contributed by atoms with Crippen LogP contribution in [0.25, 0.3) is 0 Å². The Morgan fingerprint density at radius 2 is 1.96 bits per heavy atom. The second-order valence-electron chi connectivity index (χ2n) is 6.29. The summed E-state index contributed by atoms with van der Waals surface area (Å²) in [6, 6.07) is 8.77. The molecular weight excluding hydrogens is 324 g/mol. The van der Waals surface area contributed by atoms with Gasteiger partial charge < -0.3 is 10.1 Å². The fraction of sp³-hybridized carbons (Fsp3) is 0.500. The molecule has 0 spiro atoms. The normalized spacial score (nSPS) is 15.8. The van der Waals surface area contributed by atoms with Gasteiger partial charge in [0.05, 0.1) is 18.9 Å². The van der Waals surface area contributed by atoms with Gasteiger partial charge in [-0.15, -0.1) is 0 Å². The number of halogens is 1. The number of rotatable bonds is 6. The Morgan fingerprint density at radius 1 is 1.21 bits per heavy atom. The van der Waals surface area contributed by atoms with Crippen LogP contribution in [0.1, 0.15) is 22.4 Å². The Morgan fingerprint density at radius 3 is 2.67 bits per heavy atom. The zero-order chi connectivity index (χ0) is 16.9. The molecule has 0 amide bonds. The third-order valence-electron chi connectivity index (χ3n) is 4.40. The lowest BCUT2D eigenvalue weighted by molar-refractivity contribution is 0.0342. The molecule has 1 N–H and O–H groups in total. The number of nitrogens with one attached hydrogen (secondary N) is 1. The van der Waals surface area contributed by atoms with Crippen molar-refractivity contribution in [2.24, 2.45) is 7.05 Å². The first-order chi connectivity index (χ1) is 11.6. The zero-order valence-corrected chi connectivity index (χ0v) is 15.1. The van der Waals surface area contributed by atoms with Crippen molar-refractivity contribution in [2.75, 3.05) is 26.3 Å². The van der Waals surface area contributed by atoms with Gasteiger partial charge in [0.25, 0.3) is 0 Å². The Bertz CT molecular complexity index is 680. The summed E-state index contributed by atoms with van der Waals surface area (Å²) >= 11 is 6.27. The van der Waals surface area contributed by atoms with Gasteiger partial charge in [-0.25, -0.2) is 0 Å². The van der Waals surface area contributed by atoms with E-state index in [2.05, 4.69) is 39.6 Å². The molecule has 0 unspecified atom stereocenters. The summed E-state index contributed by atoms with van der Waals surface area (Å²) in [5, 5.41) is 8.53. The number of aryl methyl sites for hydroxylation is 2. The molecule has 0 saturated carbocycles. The minimum atomic E-state index is 0.709. The van der Waals surface area contributed by atoms with E-state index in [0.29, 0.717) is 5.15 Å². The largest absolute Gasteiger partial charge is 0.379 e. The maximum Gasteiger partial charge on any atom is 0.131 e. The molecule has 1 fully saturated rings. The summed E-state index contributed by atoms with van der Waals surface area (Å²) in [5.74, 6) is 0. The highest BCUT2D eigenvalue weighted by molar-refractivity contribution is 6.30. The topological polar surface area (TPSA) is 42.3 Å². The molecule has 0 radical (unpaired) electrons. The number of benzene rings is 1. The molecule has 6 heteroatoms. The number of hydrogen-bond donors (Lipinski definition) is 1. The third kappa shape index (κ3) is 4.36. The van der Waals surface area contributed by atoms with E-state index in [1.807, 2.05) is 14.0 Å². The van der Waals surface area contributed by atoms with Crippen molar-refractivity contribution >= 4 is 11.6 Å². The van der Waals surface area contributed by atoms with E-state index in [0.717, 1.165) is 57.2 Å². The molecule has 1 aromatic heterocycles. The van der Waals surface area contributed by atoms with Crippen LogP contribution in [-0.4, -0.2) is 41.0 Å². The van der Waals surface area contributed by atoms with Crippen molar-refractivity contribution < 1.29 is 4.74 Å². The van der Waals surface area contributed by atoms with E-state index in [1.54, 1.807) is 4.68 Å². The lowest BCUT2D eigenvalue weighted by Crippen LogP contribution is -2.35. The molecule has 130 valence electrons. The average Bonchev–Trinajstić information content (AvgIpc) is 2.82. The van der Waals surface area contributed by atoms with E-state index in [1.165, 1.54) is 11.1 Å². The first kappa shape index (κ1) is 17.4. The van der Waals surface area contributed by atoms with E-state index >= 15 is 0 Å². The number of ether oxygens (including phenoxy) is 1. The van der Waals surface area contributed by atoms with E-state index in [9.17, 15) is 0 Å². The van der Waals surface area contributed by atoms with Crippen LogP contribution in [0.3, 0.4) is 0 Å². The Hall–Kier alpha value is -1.40. The first-order valence-electron chi connectivity index (χ1n) is 8.40. The monoisotopic (exact) mass is 348 g/mol. The van der Waals surface area contributed by atoms with Gasteiger partial charge in [-0.3, -0.25) is 9.58 Å². The fourth-order valence-electron chi connectivity index (χ4n) is 3.06. The van der Waals surface area contributed by atoms with Crippen LogP contribution in [0.2, 0.25) is 5.15 Å². The summed E-state index contributed by atoms with van der Waals surface area (Å²) in [6.45, 7) is 8.24. The van der Waals surface area contributed by atoms with Gasteiger partial charge in [0.15, 0.2) is 0 Å². The number of aromatic nitrogens is 2. The van der Waals surface area contributed by atoms with Crippen molar-refractivity contribution in [3.8, 4) is 0 Å². The highest BCUT2D eigenvalue weighted by Gasteiger charge is 2.12. The second-order valence-corrected chi connectivity index (χ2v) is 6.65.